The molecule has 1 fully saturated rings. The van der Waals surface area contributed by atoms with Crippen LogP contribution in [-0.2, 0) is 14.3 Å². The number of hydrogen-bond donors (Lipinski definition) is 2. The third kappa shape index (κ3) is 4.61. The predicted octanol–water partition coefficient (Wildman–Crippen LogP) is 0.0538. The van der Waals surface area contributed by atoms with E-state index in [2.05, 4.69) is 24.5 Å². The highest BCUT2D eigenvalue weighted by Gasteiger charge is 2.24. The van der Waals surface area contributed by atoms with Crippen LogP contribution in [0.3, 0.4) is 0 Å². The Morgan fingerprint density at radius 2 is 2.25 bits per heavy atom. The zero-order chi connectivity index (χ0) is 12.0. The van der Waals surface area contributed by atoms with E-state index in [1.165, 1.54) is 0 Å². The minimum atomic E-state index is -0.430. The first-order chi connectivity index (χ1) is 7.59. The molecule has 0 aromatic heterocycles. The number of esters is 1. The summed E-state index contributed by atoms with van der Waals surface area (Å²) in [6, 6.07) is -0.430. The first-order valence-corrected chi connectivity index (χ1v) is 5.76. The van der Waals surface area contributed by atoms with Crippen LogP contribution in [0.2, 0.25) is 0 Å². The van der Waals surface area contributed by atoms with Crippen molar-refractivity contribution in [2.75, 3.05) is 19.7 Å². The molecule has 0 saturated carbocycles. The Kier molecular flexibility index (Phi) is 5.25. The lowest BCUT2D eigenvalue weighted by atomic mass is 10.1. The van der Waals surface area contributed by atoms with E-state index in [1.807, 2.05) is 0 Å². The monoisotopic (exact) mass is 228 g/mol. The van der Waals surface area contributed by atoms with Gasteiger partial charge in [-0.3, -0.25) is 9.59 Å². The lowest BCUT2D eigenvalue weighted by Gasteiger charge is -2.22. The average molecular weight is 228 g/mol. The number of amides is 1. The zero-order valence-electron chi connectivity index (χ0n) is 9.91. The van der Waals surface area contributed by atoms with Crippen molar-refractivity contribution >= 4 is 11.9 Å². The SMILES string of the molecule is CC(C)CCOC(=O)C[C@H]1NCCNC1=O. The third-order valence-electron chi connectivity index (χ3n) is 2.46. The zero-order valence-corrected chi connectivity index (χ0v) is 9.91. The fourth-order valence-electron chi connectivity index (χ4n) is 1.45. The van der Waals surface area contributed by atoms with Crippen LogP contribution in [0, 0.1) is 5.92 Å². The van der Waals surface area contributed by atoms with Gasteiger partial charge in [-0.05, 0) is 12.3 Å². The van der Waals surface area contributed by atoms with E-state index in [4.69, 9.17) is 4.74 Å². The van der Waals surface area contributed by atoms with Gasteiger partial charge in [-0.1, -0.05) is 13.8 Å². The second-order valence-electron chi connectivity index (χ2n) is 4.40. The Morgan fingerprint density at radius 3 is 2.88 bits per heavy atom. The number of carbonyl (C=O) groups excluding carboxylic acids is 2. The first-order valence-electron chi connectivity index (χ1n) is 5.76. The summed E-state index contributed by atoms with van der Waals surface area (Å²) >= 11 is 0. The molecule has 0 aliphatic carbocycles. The molecule has 0 bridgehead atoms. The number of hydrogen-bond acceptors (Lipinski definition) is 4. The predicted molar refractivity (Wildman–Crippen MR) is 59.8 cm³/mol. The molecular formula is C11H20N2O3. The topological polar surface area (TPSA) is 67.4 Å². The van der Waals surface area contributed by atoms with Gasteiger partial charge in [-0.15, -0.1) is 0 Å². The summed E-state index contributed by atoms with van der Waals surface area (Å²) in [4.78, 5) is 22.7. The molecule has 1 heterocycles. The lowest BCUT2D eigenvalue weighted by Crippen LogP contribution is -2.53. The van der Waals surface area contributed by atoms with Crippen molar-refractivity contribution in [3.8, 4) is 0 Å². The Labute approximate surface area is 95.9 Å². The van der Waals surface area contributed by atoms with Crippen molar-refractivity contribution in [1.82, 2.24) is 10.6 Å². The van der Waals surface area contributed by atoms with Gasteiger partial charge in [0.25, 0.3) is 0 Å². The molecule has 0 aromatic carbocycles. The van der Waals surface area contributed by atoms with Gasteiger partial charge in [0.1, 0.15) is 0 Å². The Bertz CT molecular complexity index is 254. The van der Waals surface area contributed by atoms with Crippen molar-refractivity contribution < 1.29 is 14.3 Å². The average Bonchev–Trinajstić information content (AvgIpc) is 2.21. The van der Waals surface area contributed by atoms with Crippen LogP contribution >= 0.6 is 0 Å². The van der Waals surface area contributed by atoms with Crippen LogP contribution < -0.4 is 10.6 Å². The fraction of sp³-hybridized carbons (Fsp3) is 0.818. The maximum absolute atomic E-state index is 11.4. The second kappa shape index (κ2) is 6.48. The molecule has 5 heteroatoms. The van der Waals surface area contributed by atoms with Crippen molar-refractivity contribution in [2.24, 2.45) is 5.92 Å². The van der Waals surface area contributed by atoms with Gasteiger partial charge in [-0.25, -0.2) is 0 Å². The molecule has 1 amide bonds. The van der Waals surface area contributed by atoms with E-state index < -0.39 is 6.04 Å². The number of rotatable bonds is 5. The summed E-state index contributed by atoms with van der Waals surface area (Å²) in [5, 5.41) is 5.69. The minimum Gasteiger partial charge on any atom is -0.466 e. The van der Waals surface area contributed by atoms with Crippen LogP contribution in [0.4, 0.5) is 0 Å². The minimum absolute atomic E-state index is 0.115. The van der Waals surface area contributed by atoms with Gasteiger partial charge in [0, 0.05) is 13.1 Å². The van der Waals surface area contributed by atoms with Crippen LogP contribution in [0.1, 0.15) is 26.7 Å². The highest BCUT2D eigenvalue weighted by Crippen LogP contribution is 2.02. The van der Waals surface area contributed by atoms with E-state index in [-0.39, 0.29) is 18.3 Å². The first kappa shape index (κ1) is 13.0. The number of piperazine rings is 1. The van der Waals surface area contributed by atoms with Gasteiger partial charge >= 0.3 is 5.97 Å². The second-order valence-corrected chi connectivity index (χ2v) is 4.40. The van der Waals surface area contributed by atoms with Gasteiger partial charge < -0.3 is 15.4 Å². The molecule has 0 aromatic rings. The Morgan fingerprint density at radius 1 is 1.50 bits per heavy atom. The fourth-order valence-corrected chi connectivity index (χ4v) is 1.45. The third-order valence-corrected chi connectivity index (χ3v) is 2.46. The van der Waals surface area contributed by atoms with Crippen LogP contribution in [0.5, 0.6) is 0 Å². The molecule has 2 N–H and O–H groups in total. The molecular weight excluding hydrogens is 208 g/mol. The molecule has 1 rings (SSSR count). The smallest absolute Gasteiger partial charge is 0.307 e. The number of carbonyl (C=O) groups is 2. The summed E-state index contributed by atoms with van der Waals surface area (Å²) in [5.41, 5.74) is 0. The summed E-state index contributed by atoms with van der Waals surface area (Å²) in [5.74, 6) is 0.0890. The summed E-state index contributed by atoms with van der Waals surface area (Å²) in [6.45, 7) is 5.91. The highest BCUT2D eigenvalue weighted by atomic mass is 16.5. The van der Waals surface area contributed by atoms with Crippen molar-refractivity contribution in [3.63, 3.8) is 0 Å². The van der Waals surface area contributed by atoms with Gasteiger partial charge in [-0.2, -0.15) is 0 Å². The quantitative estimate of drug-likeness (QED) is 0.653. The normalized spacial score (nSPS) is 20.7. The van der Waals surface area contributed by atoms with Crippen molar-refractivity contribution in [1.29, 1.82) is 0 Å². The van der Waals surface area contributed by atoms with Gasteiger partial charge in [0.05, 0.1) is 19.1 Å². The maximum atomic E-state index is 11.4. The number of ether oxygens (including phenoxy) is 1. The molecule has 1 aliphatic heterocycles. The Hall–Kier alpha value is -1.10. The molecule has 1 atom stereocenters. The standard InChI is InChI=1S/C11H20N2O3/c1-8(2)3-6-16-10(14)7-9-11(15)13-5-4-12-9/h8-9,12H,3-7H2,1-2H3,(H,13,15)/t9-/m1/s1. The van der Waals surface area contributed by atoms with Gasteiger partial charge in [0.2, 0.25) is 5.91 Å². The van der Waals surface area contributed by atoms with E-state index >= 15 is 0 Å². The van der Waals surface area contributed by atoms with E-state index in [0.717, 1.165) is 6.42 Å². The molecule has 16 heavy (non-hydrogen) atoms. The van der Waals surface area contributed by atoms with Crippen LogP contribution in [-0.4, -0.2) is 37.6 Å². The van der Waals surface area contributed by atoms with E-state index in [9.17, 15) is 9.59 Å². The van der Waals surface area contributed by atoms with Gasteiger partial charge in [0.15, 0.2) is 0 Å². The van der Waals surface area contributed by atoms with Crippen LogP contribution in [0.15, 0.2) is 0 Å². The molecule has 1 aliphatic rings. The summed E-state index contributed by atoms with van der Waals surface area (Å²) in [6.07, 6.45) is 0.972. The Balaban J connectivity index is 2.20. The molecule has 5 nitrogen and oxygen atoms in total. The largest absolute Gasteiger partial charge is 0.466 e. The van der Waals surface area contributed by atoms with E-state index in [1.54, 1.807) is 0 Å². The molecule has 0 spiro atoms. The lowest BCUT2D eigenvalue weighted by molar-refractivity contribution is -0.146. The molecule has 1 saturated heterocycles. The molecule has 92 valence electrons. The highest BCUT2D eigenvalue weighted by molar-refractivity contribution is 5.87. The van der Waals surface area contributed by atoms with Crippen LogP contribution in [0.25, 0.3) is 0 Å². The van der Waals surface area contributed by atoms with E-state index in [0.29, 0.717) is 25.6 Å². The summed E-state index contributed by atoms with van der Waals surface area (Å²) < 4.78 is 5.04. The molecule has 0 unspecified atom stereocenters. The van der Waals surface area contributed by atoms with Crippen molar-refractivity contribution in [2.45, 2.75) is 32.7 Å². The number of nitrogens with one attached hydrogen (secondary N) is 2. The molecule has 0 radical (unpaired) electrons. The summed E-state index contributed by atoms with van der Waals surface area (Å²) in [7, 11) is 0. The maximum Gasteiger partial charge on any atom is 0.307 e. The van der Waals surface area contributed by atoms with Crippen molar-refractivity contribution in [3.05, 3.63) is 0 Å².